The Labute approximate surface area is 122 Å². The Bertz CT molecular complexity index is 623. The van der Waals surface area contributed by atoms with Gasteiger partial charge in [0.1, 0.15) is 0 Å². The summed E-state index contributed by atoms with van der Waals surface area (Å²) in [7, 11) is 0. The van der Waals surface area contributed by atoms with Crippen LogP contribution in [0.15, 0.2) is 6.07 Å². The first-order chi connectivity index (χ1) is 10.1. The molecule has 0 fully saturated rings. The fraction of sp³-hybridized carbons (Fsp3) is 0.417. The van der Waals surface area contributed by atoms with Gasteiger partial charge in [-0.05, 0) is 18.1 Å². The van der Waals surface area contributed by atoms with Gasteiger partial charge in [-0.15, -0.1) is 0 Å². The Kier molecular flexibility index (Phi) is 4.66. The summed E-state index contributed by atoms with van der Waals surface area (Å²) in [4.78, 5) is 10.8. The van der Waals surface area contributed by atoms with Gasteiger partial charge >= 0.3 is 24.5 Å². The van der Waals surface area contributed by atoms with Crippen molar-refractivity contribution in [1.29, 1.82) is 0 Å². The molecule has 2 nitrogen and oxygen atoms in total. The van der Waals surface area contributed by atoms with Crippen LogP contribution in [0.2, 0.25) is 0 Å². The molecule has 11 heteroatoms. The summed E-state index contributed by atoms with van der Waals surface area (Å²) < 4.78 is 116. The van der Waals surface area contributed by atoms with Crippen molar-refractivity contribution in [2.75, 3.05) is 0 Å². The fourth-order valence-electron chi connectivity index (χ4n) is 2.12. The Morgan fingerprint density at radius 2 is 1.35 bits per heavy atom. The molecule has 0 aromatic heterocycles. The molecule has 0 spiro atoms. The number of carbonyl (C=O) groups is 1. The Morgan fingerprint density at radius 3 is 1.61 bits per heavy atom. The lowest BCUT2D eigenvalue weighted by atomic mass is 9.89. The molecular weight excluding hydrogens is 347 g/mol. The minimum atomic E-state index is -5.82. The summed E-state index contributed by atoms with van der Waals surface area (Å²) in [5.41, 5.74) is -11.1. The van der Waals surface area contributed by atoms with Crippen molar-refractivity contribution in [3.63, 3.8) is 0 Å². The van der Waals surface area contributed by atoms with E-state index in [-0.39, 0.29) is 0 Å². The van der Waals surface area contributed by atoms with E-state index in [1.54, 1.807) is 0 Å². The van der Waals surface area contributed by atoms with Gasteiger partial charge in [-0.3, -0.25) is 0 Å². The number of carboxylic acids is 1. The van der Waals surface area contributed by atoms with Crippen LogP contribution in [0.3, 0.4) is 0 Å². The van der Waals surface area contributed by atoms with Crippen LogP contribution in [0, 0.1) is 0 Å². The van der Waals surface area contributed by atoms with E-state index in [1.165, 1.54) is 0 Å². The van der Waals surface area contributed by atoms with E-state index in [9.17, 15) is 44.3 Å². The number of alkyl halides is 9. The molecular formula is C12H7F9O2. The van der Waals surface area contributed by atoms with Gasteiger partial charge in [0.15, 0.2) is 0 Å². The highest BCUT2D eigenvalue weighted by Gasteiger charge is 2.50. The van der Waals surface area contributed by atoms with Crippen LogP contribution in [0.5, 0.6) is 0 Å². The topological polar surface area (TPSA) is 37.3 Å². The summed E-state index contributed by atoms with van der Waals surface area (Å²) in [5, 5.41) is 8.64. The van der Waals surface area contributed by atoms with E-state index in [0.717, 1.165) is 6.92 Å². The van der Waals surface area contributed by atoms with E-state index >= 15 is 0 Å². The van der Waals surface area contributed by atoms with Gasteiger partial charge in [-0.2, -0.15) is 39.5 Å². The van der Waals surface area contributed by atoms with E-state index in [4.69, 9.17) is 5.11 Å². The number of hydrogen-bond acceptors (Lipinski definition) is 1. The van der Waals surface area contributed by atoms with Crippen molar-refractivity contribution in [3.8, 4) is 0 Å². The van der Waals surface area contributed by atoms with Gasteiger partial charge in [0, 0.05) is 0 Å². The molecule has 1 aromatic carbocycles. The minimum Gasteiger partial charge on any atom is -0.478 e. The highest BCUT2D eigenvalue weighted by atomic mass is 19.4. The quantitative estimate of drug-likeness (QED) is 0.759. The Morgan fingerprint density at radius 1 is 0.913 bits per heavy atom. The third-order valence-electron chi connectivity index (χ3n) is 2.89. The molecule has 1 rings (SSSR count). The predicted octanol–water partition coefficient (Wildman–Crippen LogP) is 5.00. The monoisotopic (exact) mass is 354 g/mol. The van der Waals surface area contributed by atoms with E-state index in [2.05, 4.69) is 0 Å². The normalized spacial score (nSPS) is 13.3. The van der Waals surface area contributed by atoms with Crippen LogP contribution in [-0.2, 0) is 24.9 Å². The Balaban J connectivity index is 4.16. The SMILES string of the molecule is CCc1c(C(F)(F)F)cc(C(=O)O)c(C(F)(F)F)c1C(F)(F)F. The van der Waals surface area contributed by atoms with Crippen LogP contribution in [0.1, 0.15) is 39.5 Å². The van der Waals surface area contributed by atoms with Gasteiger partial charge in [-0.25, -0.2) is 4.79 Å². The van der Waals surface area contributed by atoms with E-state index < -0.39 is 64.8 Å². The lowest BCUT2D eigenvalue weighted by Crippen LogP contribution is -2.26. The summed E-state index contributed by atoms with van der Waals surface area (Å²) in [6.45, 7) is 0.806. The van der Waals surface area contributed by atoms with Crippen molar-refractivity contribution >= 4 is 5.97 Å². The standard InChI is InChI=1S/C12H7F9O2/c1-2-4-6(10(13,14)15)3-5(9(22)23)8(12(19,20)21)7(4)11(16,17)18/h3H,2H2,1H3,(H,22,23). The molecule has 0 aliphatic heterocycles. The first kappa shape index (κ1) is 19.1. The third kappa shape index (κ3) is 3.70. The van der Waals surface area contributed by atoms with Crippen LogP contribution < -0.4 is 0 Å². The molecule has 0 aliphatic rings. The summed E-state index contributed by atoms with van der Waals surface area (Å²) in [5.74, 6) is -2.55. The van der Waals surface area contributed by atoms with E-state index in [0.29, 0.717) is 0 Å². The van der Waals surface area contributed by atoms with Crippen molar-refractivity contribution in [2.24, 2.45) is 0 Å². The van der Waals surface area contributed by atoms with Crippen LogP contribution in [0.25, 0.3) is 0 Å². The molecule has 1 aromatic rings. The second-order valence-corrected chi connectivity index (χ2v) is 4.35. The van der Waals surface area contributed by atoms with Crippen molar-refractivity contribution in [3.05, 3.63) is 33.9 Å². The molecule has 0 unspecified atom stereocenters. The first-order valence-corrected chi connectivity index (χ1v) is 5.77. The Hall–Kier alpha value is -1.94. The molecule has 0 bridgehead atoms. The summed E-state index contributed by atoms with van der Waals surface area (Å²) >= 11 is 0. The molecule has 23 heavy (non-hydrogen) atoms. The maximum absolute atomic E-state index is 13.0. The lowest BCUT2D eigenvalue weighted by molar-refractivity contribution is -0.164. The minimum absolute atomic E-state index is 0.417. The second kappa shape index (κ2) is 5.60. The highest BCUT2D eigenvalue weighted by Crippen LogP contribution is 2.47. The number of benzene rings is 1. The molecule has 0 saturated heterocycles. The second-order valence-electron chi connectivity index (χ2n) is 4.35. The number of aromatic carboxylic acids is 1. The third-order valence-corrected chi connectivity index (χ3v) is 2.89. The highest BCUT2D eigenvalue weighted by molar-refractivity contribution is 5.91. The average Bonchev–Trinajstić information content (AvgIpc) is 2.32. The molecule has 130 valence electrons. The van der Waals surface area contributed by atoms with Gasteiger partial charge in [0.25, 0.3) is 0 Å². The summed E-state index contributed by atoms with van der Waals surface area (Å²) in [6.07, 6.45) is -18.1. The maximum Gasteiger partial charge on any atom is 0.417 e. The fourth-order valence-corrected chi connectivity index (χ4v) is 2.12. The van der Waals surface area contributed by atoms with Gasteiger partial charge in [0.2, 0.25) is 0 Å². The number of halogens is 9. The number of rotatable bonds is 2. The maximum atomic E-state index is 13.0. The number of hydrogen-bond donors (Lipinski definition) is 1. The zero-order chi connectivity index (χ0) is 18.4. The van der Waals surface area contributed by atoms with Gasteiger partial charge < -0.3 is 5.11 Å². The van der Waals surface area contributed by atoms with Crippen molar-refractivity contribution in [1.82, 2.24) is 0 Å². The van der Waals surface area contributed by atoms with Crippen LogP contribution >= 0.6 is 0 Å². The summed E-state index contributed by atoms with van der Waals surface area (Å²) in [6, 6.07) is -0.417. The molecule has 0 amide bonds. The van der Waals surface area contributed by atoms with E-state index in [1.807, 2.05) is 0 Å². The smallest absolute Gasteiger partial charge is 0.417 e. The molecule has 0 radical (unpaired) electrons. The first-order valence-electron chi connectivity index (χ1n) is 5.77. The zero-order valence-corrected chi connectivity index (χ0v) is 11.0. The largest absolute Gasteiger partial charge is 0.478 e. The predicted molar refractivity (Wildman–Crippen MR) is 57.8 cm³/mol. The molecule has 0 heterocycles. The average molecular weight is 354 g/mol. The lowest BCUT2D eigenvalue weighted by Gasteiger charge is -2.24. The van der Waals surface area contributed by atoms with Gasteiger partial charge in [-0.1, -0.05) is 6.92 Å². The zero-order valence-electron chi connectivity index (χ0n) is 11.0. The van der Waals surface area contributed by atoms with Crippen molar-refractivity contribution < 1.29 is 49.4 Å². The van der Waals surface area contributed by atoms with Crippen LogP contribution in [-0.4, -0.2) is 11.1 Å². The van der Waals surface area contributed by atoms with Crippen molar-refractivity contribution in [2.45, 2.75) is 31.9 Å². The van der Waals surface area contributed by atoms with Crippen LogP contribution in [0.4, 0.5) is 39.5 Å². The molecule has 0 atom stereocenters. The number of carboxylic acid groups (broad SMARTS) is 1. The molecule has 0 aliphatic carbocycles. The molecule has 0 saturated carbocycles. The van der Waals surface area contributed by atoms with Gasteiger partial charge in [0.05, 0.1) is 22.3 Å². The molecule has 1 N–H and O–H groups in total.